The molecule has 24 heavy (non-hydrogen) atoms. The van der Waals surface area contributed by atoms with Gasteiger partial charge in [0.25, 0.3) is 17.7 Å². The normalized spacial score (nSPS) is 19.8. The van der Waals surface area contributed by atoms with E-state index in [9.17, 15) is 14.4 Å². The highest BCUT2D eigenvalue weighted by atomic mass is 16.2. The summed E-state index contributed by atoms with van der Waals surface area (Å²) < 4.78 is 0. The molecule has 1 atom stereocenters. The van der Waals surface area contributed by atoms with Crippen LogP contribution in [-0.4, -0.2) is 48.3 Å². The zero-order valence-electron chi connectivity index (χ0n) is 14.1. The van der Waals surface area contributed by atoms with Gasteiger partial charge in [-0.2, -0.15) is 0 Å². The summed E-state index contributed by atoms with van der Waals surface area (Å²) in [5, 5.41) is 5.16. The topological polar surface area (TPSA) is 78.5 Å². The van der Waals surface area contributed by atoms with Crippen LogP contribution in [0.2, 0.25) is 0 Å². The zero-order chi connectivity index (χ0) is 17.3. The van der Waals surface area contributed by atoms with Crippen molar-refractivity contribution in [1.82, 2.24) is 15.5 Å². The van der Waals surface area contributed by atoms with Crippen LogP contribution in [0.4, 0.5) is 0 Å². The molecule has 6 heteroatoms. The third-order valence-corrected chi connectivity index (χ3v) is 5.00. The number of imide groups is 1. The second-order valence-corrected chi connectivity index (χ2v) is 6.82. The molecule has 1 saturated heterocycles. The van der Waals surface area contributed by atoms with Crippen molar-refractivity contribution in [3.05, 3.63) is 34.9 Å². The second kappa shape index (κ2) is 6.73. The van der Waals surface area contributed by atoms with E-state index in [1.165, 1.54) is 25.0 Å². The number of nitrogens with one attached hydrogen (secondary N) is 2. The second-order valence-electron chi connectivity index (χ2n) is 6.82. The summed E-state index contributed by atoms with van der Waals surface area (Å²) in [7, 11) is 0. The van der Waals surface area contributed by atoms with Gasteiger partial charge in [-0.3, -0.25) is 24.6 Å². The molecule has 6 nitrogen and oxygen atoms in total. The number of amides is 3. The van der Waals surface area contributed by atoms with Crippen LogP contribution in [0.3, 0.4) is 0 Å². The fourth-order valence-corrected chi connectivity index (χ4v) is 3.25. The SMILES string of the molecule is CC1CCN([C@@H](C)CNC(=O)c2ccc3c(c2)C(=O)NC3=O)CC1. The van der Waals surface area contributed by atoms with Gasteiger partial charge in [0.15, 0.2) is 0 Å². The van der Waals surface area contributed by atoms with Crippen molar-refractivity contribution >= 4 is 17.7 Å². The van der Waals surface area contributed by atoms with Crippen molar-refractivity contribution in [1.29, 1.82) is 0 Å². The molecular formula is C18H23N3O3. The zero-order valence-corrected chi connectivity index (χ0v) is 14.1. The first kappa shape index (κ1) is 16.6. The van der Waals surface area contributed by atoms with Crippen LogP contribution in [0.15, 0.2) is 18.2 Å². The molecule has 0 spiro atoms. The standard InChI is InChI=1S/C18H23N3O3/c1-11-5-7-21(8-6-11)12(2)10-19-16(22)13-3-4-14-15(9-13)18(24)20-17(14)23/h3-4,9,11-12H,5-8,10H2,1-2H3,(H,19,22)(H,20,23,24)/t12-/m0/s1. The molecule has 2 aliphatic heterocycles. The highest BCUT2D eigenvalue weighted by Crippen LogP contribution is 2.19. The van der Waals surface area contributed by atoms with Crippen molar-refractivity contribution in [2.45, 2.75) is 32.7 Å². The van der Waals surface area contributed by atoms with Gasteiger partial charge in [0.2, 0.25) is 0 Å². The van der Waals surface area contributed by atoms with Crippen molar-refractivity contribution in [3.8, 4) is 0 Å². The molecule has 3 rings (SSSR count). The summed E-state index contributed by atoms with van der Waals surface area (Å²) in [6.07, 6.45) is 2.40. The van der Waals surface area contributed by atoms with Gasteiger partial charge in [0.1, 0.15) is 0 Å². The van der Waals surface area contributed by atoms with E-state index < -0.39 is 11.8 Å². The Morgan fingerprint density at radius 2 is 1.92 bits per heavy atom. The molecule has 0 saturated carbocycles. The summed E-state index contributed by atoms with van der Waals surface area (Å²) in [6.45, 7) is 7.09. The Bertz CT molecular complexity index is 678. The molecule has 1 fully saturated rings. The van der Waals surface area contributed by atoms with E-state index >= 15 is 0 Å². The fraction of sp³-hybridized carbons (Fsp3) is 0.500. The van der Waals surface area contributed by atoms with Crippen LogP contribution in [0, 0.1) is 5.92 Å². The number of nitrogens with zero attached hydrogens (tertiary/aromatic N) is 1. The molecule has 2 heterocycles. The Morgan fingerprint density at radius 1 is 1.25 bits per heavy atom. The molecule has 0 aliphatic carbocycles. The molecule has 0 aromatic heterocycles. The van der Waals surface area contributed by atoms with E-state index in [1.54, 1.807) is 6.07 Å². The maximum Gasteiger partial charge on any atom is 0.258 e. The predicted octanol–water partition coefficient (Wildman–Crippen LogP) is 1.42. The van der Waals surface area contributed by atoms with Crippen LogP contribution in [0.1, 0.15) is 57.8 Å². The van der Waals surface area contributed by atoms with Gasteiger partial charge in [-0.05, 0) is 57.0 Å². The lowest BCUT2D eigenvalue weighted by molar-refractivity contribution is 0.0878. The van der Waals surface area contributed by atoms with Crippen molar-refractivity contribution in [2.75, 3.05) is 19.6 Å². The lowest BCUT2D eigenvalue weighted by Crippen LogP contribution is -2.45. The van der Waals surface area contributed by atoms with Gasteiger partial charge in [-0.15, -0.1) is 0 Å². The van der Waals surface area contributed by atoms with Gasteiger partial charge in [-0.1, -0.05) is 6.92 Å². The highest BCUT2D eigenvalue weighted by molar-refractivity contribution is 6.22. The van der Waals surface area contributed by atoms with E-state index in [1.807, 2.05) is 0 Å². The van der Waals surface area contributed by atoms with Crippen molar-refractivity contribution < 1.29 is 14.4 Å². The number of rotatable bonds is 4. The van der Waals surface area contributed by atoms with E-state index in [4.69, 9.17) is 0 Å². The van der Waals surface area contributed by atoms with Gasteiger partial charge in [0.05, 0.1) is 11.1 Å². The molecular weight excluding hydrogens is 306 g/mol. The Morgan fingerprint density at radius 3 is 2.62 bits per heavy atom. The number of hydrogen-bond donors (Lipinski definition) is 2. The molecule has 0 bridgehead atoms. The molecule has 3 amide bonds. The third kappa shape index (κ3) is 3.33. The Hall–Kier alpha value is -2.21. The number of benzene rings is 1. The summed E-state index contributed by atoms with van der Waals surface area (Å²) in [6, 6.07) is 4.87. The van der Waals surface area contributed by atoms with Crippen molar-refractivity contribution in [3.63, 3.8) is 0 Å². The number of piperidine rings is 1. The van der Waals surface area contributed by atoms with Crippen LogP contribution in [0.5, 0.6) is 0 Å². The molecule has 1 aromatic rings. The maximum atomic E-state index is 12.3. The van der Waals surface area contributed by atoms with Crippen molar-refractivity contribution in [2.24, 2.45) is 5.92 Å². The monoisotopic (exact) mass is 329 g/mol. The van der Waals surface area contributed by atoms with Gasteiger partial charge >= 0.3 is 0 Å². The summed E-state index contributed by atoms with van der Waals surface area (Å²) in [5.74, 6) is -0.291. The summed E-state index contributed by atoms with van der Waals surface area (Å²) >= 11 is 0. The van der Waals surface area contributed by atoms with Gasteiger partial charge < -0.3 is 5.32 Å². The number of carbonyl (C=O) groups is 3. The first-order valence-electron chi connectivity index (χ1n) is 8.47. The lowest BCUT2D eigenvalue weighted by Gasteiger charge is -2.35. The molecule has 0 radical (unpaired) electrons. The molecule has 2 N–H and O–H groups in total. The largest absolute Gasteiger partial charge is 0.350 e. The quantitative estimate of drug-likeness (QED) is 0.819. The van der Waals surface area contributed by atoms with Gasteiger partial charge in [0, 0.05) is 18.2 Å². The summed E-state index contributed by atoms with van der Waals surface area (Å²) in [5.41, 5.74) is 0.996. The predicted molar refractivity (Wildman–Crippen MR) is 90.0 cm³/mol. The average molecular weight is 329 g/mol. The molecule has 2 aliphatic rings. The molecule has 1 aromatic carbocycles. The van der Waals surface area contributed by atoms with Crippen LogP contribution in [-0.2, 0) is 0 Å². The minimum Gasteiger partial charge on any atom is -0.350 e. The average Bonchev–Trinajstić information content (AvgIpc) is 2.87. The third-order valence-electron chi connectivity index (χ3n) is 5.00. The highest BCUT2D eigenvalue weighted by Gasteiger charge is 2.27. The molecule has 0 unspecified atom stereocenters. The Balaban J connectivity index is 1.59. The van der Waals surface area contributed by atoms with E-state index in [0.29, 0.717) is 17.7 Å². The Kier molecular flexibility index (Phi) is 4.66. The first-order chi connectivity index (χ1) is 11.5. The van der Waals surface area contributed by atoms with Crippen LogP contribution in [0.25, 0.3) is 0 Å². The minimum absolute atomic E-state index is 0.220. The number of fused-ring (bicyclic) bond motifs is 1. The minimum atomic E-state index is -0.444. The van der Waals surface area contributed by atoms with E-state index in [0.717, 1.165) is 19.0 Å². The van der Waals surface area contributed by atoms with E-state index in [-0.39, 0.29) is 17.5 Å². The van der Waals surface area contributed by atoms with E-state index in [2.05, 4.69) is 29.4 Å². The number of likely N-dealkylation sites (tertiary alicyclic amines) is 1. The fourth-order valence-electron chi connectivity index (χ4n) is 3.25. The molecule has 128 valence electrons. The smallest absolute Gasteiger partial charge is 0.258 e. The number of hydrogen-bond acceptors (Lipinski definition) is 4. The lowest BCUT2D eigenvalue weighted by atomic mass is 9.98. The Labute approximate surface area is 141 Å². The number of carbonyl (C=O) groups excluding carboxylic acids is 3. The summed E-state index contributed by atoms with van der Waals surface area (Å²) in [4.78, 5) is 37.9. The first-order valence-corrected chi connectivity index (χ1v) is 8.47. The van der Waals surface area contributed by atoms with Gasteiger partial charge in [-0.25, -0.2) is 0 Å². The van der Waals surface area contributed by atoms with Crippen LogP contribution < -0.4 is 10.6 Å². The maximum absolute atomic E-state index is 12.3. The van der Waals surface area contributed by atoms with Crippen LogP contribution >= 0.6 is 0 Å².